The summed E-state index contributed by atoms with van der Waals surface area (Å²) in [5, 5.41) is -0.435. The second kappa shape index (κ2) is 8.24. The van der Waals surface area contributed by atoms with Crippen molar-refractivity contribution in [3.63, 3.8) is 0 Å². The Morgan fingerprint density at radius 3 is 2.73 bits per heavy atom. The number of hydrogen-bond acceptors (Lipinski definition) is 6. The second-order valence-corrected chi connectivity index (χ2v) is 7.50. The van der Waals surface area contributed by atoms with Gasteiger partial charge in [0, 0.05) is 13.1 Å². The summed E-state index contributed by atoms with van der Waals surface area (Å²) < 4.78 is 11.1. The van der Waals surface area contributed by atoms with E-state index in [-0.39, 0.29) is 12.5 Å². The summed E-state index contributed by atoms with van der Waals surface area (Å²) in [5.74, 6) is -0.0241. The van der Waals surface area contributed by atoms with Crippen molar-refractivity contribution in [1.29, 1.82) is 0 Å². The Hall–Kier alpha value is -1.84. The maximum atomic E-state index is 12.5. The van der Waals surface area contributed by atoms with Crippen LogP contribution in [0.5, 0.6) is 5.75 Å². The Morgan fingerprint density at radius 1 is 1.35 bits per heavy atom. The van der Waals surface area contributed by atoms with Gasteiger partial charge >= 0.3 is 0 Å². The molecule has 2 saturated heterocycles. The van der Waals surface area contributed by atoms with E-state index in [0.717, 1.165) is 26.7 Å². The van der Waals surface area contributed by atoms with E-state index in [1.165, 1.54) is 0 Å². The lowest BCUT2D eigenvalue weighted by Crippen LogP contribution is -2.46. The summed E-state index contributed by atoms with van der Waals surface area (Å²) in [5.41, 5.74) is 0.752. The zero-order valence-electron chi connectivity index (χ0n) is 14.1. The molecule has 0 bridgehead atoms. The minimum Gasteiger partial charge on any atom is -0.496 e. The maximum Gasteiger partial charge on any atom is 0.294 e. The molecule has 0 spiro atoms. The van der Waals surface area contributed by atoms with Crippen LogP contribution in [0.3, 0.4) is 0 Å². The van der Waals surface area contributed by atoms with E-state index in [0.29, 0.717) is 37.0 Å². The van der Waals surface area contributed by atoms with Gasteiger partial charge in [-0.25, -0.2) is 0 Å². The third-order valence-corrected chi connectivity index (χ3v) is 5.53. The highest BCUT2D eigenvalue weighted by molar-refractivity contribution is 9.10. The minimum atomic E-state index is -0.450. The molecule has 2 aliphatic rings. The van der Waals surface area contributed by atoms with E-state index >= 15 is 0 Å². The monoisotopic (exact) mass is 440 g/mol. The van der Waals surface area contributed by atoms with Crippen molar-refractivity contribution in [3.8, 4) is 5.75 Å². The van der Waals surface area contributed by atoms with Crippen molar-refractivity contribution < 1.29 is 23.9 Å². The highest BCUT2D eigenvalue weighted by atomic mass is 79.9. The number of rotatable bonds is 4. The first kappa shape index (κ1) is 18.9. The number of amides is 3. The molecule has 7 nitrogen and oxygen atoms in total. The highest BCUT2D eigenvalue weighted by Crippen LogP contribution is 2.33. The number of carbonyl (C=O) groups excluding carboxylic acids is 3. The number of benzene rings is 1. The normalized spacial score (nSPS) is 19.4. The number of carbonyl (C=O) groups is 3. The maximum absolute atomic E-state index is 12.5. The van der Waals surface area contributed by atoms with Crippen LogP contribution in [-0.4, -0.2) is 66.8 Å². The summed E-state index contributed by atoms with van der Waals surface area (Å²) in [7, 11) is 1.57. The molecule has 3 amide bonds. The molecular weight excluding hydrogens is 424 g/mol. The van der Waals surface area contributed by atoms with Gasteiger partial charge in [0.05, 0.1) is 29.7 Å². The molecule has 0 saturated carbocycles. The molecule has 26 heavy (non-hydrogen) atoms. The standard InChI is InChI=1S/C17H17BrN2O5S/c1-24-13-3-2-11(8-12(13)18)9-14-16(22)20(17(23)26-14)10-15(21)19-4-6-25-7-5-19/h2-3,8-9H,4-7,10H2,1H3/b14-9-. The van der Waals surface area contributed by atoms with E-state index in [4.69, 9.17) is 9.47 Å². The van der Waals surface area contributed by atoms with Gasteiger partial charge in [-0.2, -0.15) is 0 Å². The van der Waals surface area contributed by atoms with Crippen molar-refractivity contribution in [1.82, 2.24) is 9.80 Å². The molecule has 2 aliphatic heterocycles. The molecule has 1 aromatic carbocycles. The van der Waals surface area contributed by atoms with Gasteiger partial charge in [0.2, 0.25) is 5.91 Å². The Morgan fingerprint density at radius 2 is 2.08 bits per heavy atom. The first-order chi connectivity index (χ1) is 12.5. The Labute approximate surface area is 163 Å². The molecule has 2 fully saturated rings. The molecule has 138 valence electrons. The van der Waals surface area contributed by atoms with Crippen LogP contribution in [0, 0.1) is 0 Å². The molecule has 2 heterocycles. The topological polar surface area (TPSA) is 76.2 Å². The predicted molar refractivity (Wildman–Crippen MR) is 101 cm³/mol. The number of methoxy groups -OCH3 is 1. The first-order valence-electron chi connectivity index (χ1n) is 7.94. The fourth-order valence-electron chi connectivity index (χ4n) is 2.61. The zero-order valence-corrected chi connectivity index (χ0v) is 16.5. The van der Waals surface area contributed by atoms with E-state index in [2.05, 4.69) is 15.9 Å². The lowest BCUT2D eigenvalue weighted by molar-refractivity contribution is -0.139. The van der Waals surface area contributed by atoms with Gasteiger partial charge in [-0.3, -0.25) is 19.3 Å². The number of morpholine rings is 1. The van der Waals surface area contributed by atoms with Crippen LogP contribution in [0.25, 0.3) is 6.08 Å². The zero-order chi connectivity index (χ0) is 18.7. The molecule has 0 aromatic heterocycles. The molecule has 0 unspecified atom stereocenters. The molecule has 0 aliphatic carbocycles. The fraction of sp³-hybridized carbons (Fsp3) is 0.353. The van der Waals surface area contributed by atoms with E-state index in [9.17, 15) is 14.4 Å². The highest BCUT2D eigenvalue weighted by Gasteiger charge is 2.37. The van der Waals surface area contributed by atoms with Gasteiger partial charge in [0.1, 0.15) is 12.3 Å². The summed E-state index contributed by atoms with van der Waals surface area (Å²) >= 11 is 4.23. The third-order valence-electron chi connectivity index (χ3n) is 4.00. The number of thioether (sulfide) groups is 1. The molecule has 0 atom stereocenters. The molecule has 0 radical (unpaired) electrons. The van der Waals surface area contributed by atoms with E-state index in [1.807, 2.05) is 0 Å². The van der Waals surface area contributed by atoms with Crippen molar-refractivity contribution >= 4 is 50.8 Å². The van der Waals surface area contributed by atoms with E-state index < -0.39 is 11.1 Å². The molecular formula is C17H17BrN2O5S. The molecule has 1 aromatic rings. The molecule has 9 heteroatoms. The summed E-state index contributed by atoms with van der Waals surface area (Å²) in [6, 6.07) is 5.35. The lowest BCUT2D eigenvalue weighted by atomic mass is 10.2. The minimum absolute atomic E-state index is 0.242. The van der Waals surface area contributed by atoms with Crippen LogP contribution < -0.4 is 4.74 Å². The smallest absolute Gasteiger partial charge is 0.294 e. The third kappa shape index (κ3) is 4.11. The molecule has 3 rings (SSSR count). The van der Waals surface area contributed by atoms with Crippen LogP contribution in [-0.2, 0) is 14.3 Å². The Balaban J connectivity index is 1.71. The van der Waals surface area contributed by atoms with Crippen molar-refractivity contribution in [3.05, 3.63) is 33.1 Å². The largest absolute Gasteiger partial charge is 0.496 e. The average Bonchev–Trinajstić information content (AvgIpc) is 2.90. The van der Waals surface area contributed by atoms with Gasteiger partial charge < -0.3 is 14.4 Å². The number of halogens is 1. The van der Waals surface area contributed by atoms with Crippen molar-refractivity contribution in [2.24, 2.45) is 0 Å². The van der Waals surface area contributed by atoms with Gasteiger partial charge in [-0.05, 0) is 51.5 Å². The first-order valence-corrected chi connectivity index (χ1v) is 9.55. The van der Waals surface area contributed by atoms with Crippen molar-refractivity contribution in [2.75, 3.05) is 40.0 Å². The summed E-state index contributed by atoms with van der Waals surface area (Å²) in [6.07, 6.45) is 1.63. The summed E-state index contributed by atoms with van der Waals surface area (Å²) in [4.78, 5) is 39.9. The lowest BCUT2D eigenvalue weighted by Gasteiger charge is -2.28. The summed E-state index contributed by atoms with van der Waals surface area (Å²) in [6.45, 7) is 1.66. The van der Waals surface area contributed by atoms with Crippen molar-refractivity contribution in [2.45, 2.75) is 0 Å². The van der Waals surface area contributed by atoms with Gasteiger partial charge in [-0.15, -0.1) is 0 Å². The van der Waals surface area contributed by atoms with Crippen LogP contribution in [0.2, 0.25) is 0 Å². The number of imide groups is 1. The van der Waals surface area contributed by atoms with Crippen LogP contribution in [0.15, 0.2) is 27.6 Å². The second-order valence-electron chi connectivity index (χ2n) is 5.65. The van der Waals surface area contributed by atoms with E-state index in [1.54, 1.807) is 36.3 Å². The van der Waals surface area contributed by atoms with Crippen LogP contribution >= 0.6 is 27.7 Å². The van der Waals surface area contributed by atoms with Gasteiger partial charge in [-0.1, -0.05) is 6.07 Å². The number of hydrogen-bond donors (Lipinski definition) is 0. The fourth-order valence-corrected chi connectivity index (χ4v) is 4.00. The quantitative estimate of drug-likeness (QED) is 0.668. The SMILES string of the molecule is COc1ccc(/C=C2\SC(=O)N(CC(=O)N3CCOCC3)C2=O)cc1Br. The number of nitrogens with zero attached hydrogens (tertiary/aromatic N) is 2. The number of ether oxygens (including phenoxy) is 2. The van der Waals surface area contributed by atoms with Gasteiger partial charge in [0.25, 0.3) is 11.1 Å². The van der Waals surface area contributed by atoms with Gasteiger partial charge in [0.15, 0.2) is 0 Å². The van der Waals surface area contributed by atoms with Crippen LogP contribution in [0.1, 0.15) is 5.56 Å². The van der Waals surface area contributed by atoms with Crippen LogP contribution in [0.4, 0.5) is 4.79 Å². The molecule has 0 N–H and O–H groups in total. The Kier molecular flexibility index (Phi) is 6.00. The Bertz CT molecular complexity index is 776. The predicted octanol–water partition coefficient (Wildman–Crippen LogP) is 2.35. The average molecular weight is 441 g/mol.